The Bertz CT molecular complexity index is 1170. The molecule has 2 amide bonds. The number of carboxylic acid groups (broad SMARTS) is 1. The lowest BCUT2D eigenvalue weighted by Crippen LogP contribution is -2.52. The lowest BCUT2D eigenvalue weighted by atomic mass is 9.98. The first kappa shape index (κ1) is 30.9. The Morgan fingerprint density at radius 2 is 1.43 bits per heavy atom. The van der Waals surface area contributed by atoms with E-state index in [2.05, 4.69) is 21.0 Å². The maximum atomic E-state index is 13.8. The van der Waals surface area contributed by atoms with Crippen molar-refractivity contribution in [3.05, 3.63) is 96.1 Å². The van der Waals surface area contributed by atoms with Gasteiger partial charge in [-0.3, -0.25) is 19.7 Å². The van der Waals surface area contributed by atoms with Crippen LogP contribution in [0.1, 0.15) is 44.4 Å². The zero-order chi connectivity index (χ0) is 29.1. The van der Waals surface area contributed by atoms with E-state index in [1.54, 1.807) is 6.92 Å². The summed E-state index contributed by atoms with van der Waals surface area (Å²) in [5.74, 6) is -2.89. The highest BCUT2D eigenvalue weighted by Crippen LogP contribution is 2.35. The number of allylic oxidation sites excluding steroid dienone is 2. The molecule has 9 nitrogen and oxygen atoms in total. The van der Waals surface area contributed by atoms with E-state index in [9.17, 15) is 18.9 Å². The molecular weight excluding hydrogens is 527 g/mol. The van der Waals surface area contributed by atoms with E-state index in [0.29, 0.717) is 6.42 Å². The number of nitrogens with one attached hydrogen (secondary N) is 4. The van der Waals surface area contributed by atoms with Crippen LogP contribution < -0.4 is 21.0 Å². The molecule has 0 heterocycles. The van der Waals surface area contributed by atoms with E-state index in [1.807, 2.05) is 98.8 Å². The van der Waals surface area contributed by atoms with E-state index >= 15 is 0 Å². The summed E-state index contributed by atoms with van der Waals surface area (Å²) in [5, 5.41) is 20.4. The molecule has 1 aliphatic carbocycles. The van der Waals surface area contributed by atoms with Crippen molar-refractivity contribution in [2.45, 2.75) is 51.1 Å². The summed E-state index contributed by atoms with van der Waals surface area (Å²) >= 11 is 0. The molecule has 1 aliphatic rings. The molecule has 2 aromatic rings. The number of amides is 2. The van der Waals surface area contributed by atoms with E-state index in [0.717, 1.165) is 11.1 Å². The molecule has 212 valence electrons. The summed E-state index contributed by atoms with van der Waals surface area (Å²) in [5.41, 5.74) is 2.03. The first-order chi connectivity index (χ1) is 19.2. The third-order valence-electron chi connectivity index (χ3n) is 6.47. The van der Waals surface area contributed by atoms with Gasteiger partial charge in [0.25, 0.3) is 0 Å². The Balaban J connectivity index is 1.76. The molecule has 0 saturated heterocycles. The Kier molecular flexibility index (Phi) is 11.8. The number of hydrogen-bond donors (Lipinski definition) is 5. The van der Waals surface area contributed by atoms with Crippen molar-refractivity contribution in [2.24, 2.45) is 11.8 Å². The molecule has 2 aromatic carbocycles. The molecule has 0 spiro atoms. The predicted molar refractivity (Wildman–Crippen MR) is 156 cm³/mol. The van der Waals surface area contributed by atoms with Gasteiger partial charge in [0.2, 0.25) is 17.6 Å². The number of benzene rings is 2. The van der Waals surface area contributed by atoms with Crippen molar-refractivity contribution in [3.8, 4) is 0 Å². The fourth-order valence-electron chi connectivity index (χ4n) is 4.46. The second-order valence-corrected chi connectivity index (χ2v) is 11.7. The van der Waals surface area contributed by atoms with Gasteiger partial charge in [-0.1, -0.05) is 104 Å². The van der Waals surface area contributed by atoms with Crippen molar-refractivity contribution in [2.75, 3.05) is 6.54 Å². The SMILES string of the molecule is CC(C)C[C@H](NC(=O)[C@@H](C)N[P+](=O)C(NC(c1ccccc1)c1ccccc1)C1C=CC=C1)C(=O)NCC(=O)O. The van der Waals surface area contributed by atoms with Crippen LogP contribution in [0, 0.1) is 11.8 Å². The molecule has 3 rings (SSSR count). The fourth-order valence-corrected chi connectivity index (χ4v) is 5.91. The van der Waals surface area contributed by atoms with Crippen LogP contribution in [0.4, 0.5) is 0 Å². The van der Waals surface area contributed by atoms with Crippen molar-refractivity contribution in [1.29, 1.82) is 0 Å². The van der Waals surface area contributed by atoms with Gasteiger partial charge in [0, 0.05) is 0 Å². The van der Waals surface area contributed by atoms with Gasteiger partial charge in [-0.2, -0.15) is 0 Å². The second-order valence-electron chi connectivity index (χ2n) is 10.2. The zero-order valence-corrected chi connectivity index (χ0v) is 23.9. The first-order valence-corrected chi connectivity index (χ1v) is 14.7. The topological polar surface area (TPSA) is 137 Å². The molecule has 4 atom stereocenters. The van der Waals surface area contributed by atoms with Crippen LogP contribution in [-0.4, -0.2) is 47.3 Å². The molecule has 0 aromatic heterocycles. The van der Waals surface area contributed by atoms with Gasteiger partial charge in [-0.15, -0.1) is 0 Å². The highest BCUT2D eigenvalue weighted by molar-refractivity contribution is 7.43. The standard InChI is InChI=1S/C30H37N4O5P/c1-20(2)18-25(29(38)31-19-26(35)36)32-28(37)21(3)34-40(39)30(24-16-10-11-17-24)33-27(22-12-6-4-7-13-22)23-14-8-5-9-15-23/h4-17,20-21,24-25,27,30,33H,18-19H2,1-3H3,(H3-,31,32,34,35,36,37,38,39)/p+1/t21-,25+,30?/m1/s1. The first-order valence-electron chi connectivity index (χ1n) is 13.4. The summed E-state index contributed by atoms with van der Waals surface area (Å²) in [7, 11) is -2.17. The Morgan fingerprint density at radius 1 is 0.875 bits per heavy atom. The number of hydrogen-bond acceptors (Lipinski definition) is 5. The summed E-state index contributed by atoms with van der Waals surface area (Å²) in [6.45, 7) is 4.85. The molecule has 2 unspecified atom stereocenters. The van der Waals surface area contributed by atoms with Gasteiger partial charge in [-0.25, -0.2) is 0 Å². The molecule has 0 radical (unpaired) electrons. The van der Waals surface area contributed by atoms with Gasteiger partial charge in [0.05, 0.1) is 12.0 Å². The van der Waals surface area contributed by atoms with Crippen molar-refractivity contribution < 1.29 is 24.1 Å². The lowest BCUT2D eigenvalue weighted by molar-refractivity contribution is -0.138. The average Bonchev–Trinajstić information content (AvgIpc) is 3.47. The van der Waals surface area contributed by atoms with E-state index < -0.39 is 50.1 Å². The Hall–Kier alpha value is -3.65. The number of rotatable bonds is 15. The number of carbonyl (C=O) groups excluding carboxylic acids is 2. The monoisotopic (exact) mass is 565 g/mol. The van der Waals surface area contributed by atoms with Crippen LogP contribution in [0.5, 0.6) is 0 Å². The predicted octanol–water partition coefficient (Wildman–Crippen LogP) is 3.89. The van der Waals surface area contributed by atoms with Crippen molar-refractivity contribution >= 4 is 25.7 Å². The average molecular weight is 566 g/mol. The lowest BCUT2D eigenvalue weighted by Gasteiger charge is -2.24. The molecular formula is C30H38N4O5P+. The third-order valence-corrected chi connectivity index (χ3v) is 8.11. The fraction of sp³-hybridized carbons (Fsp3) is 0.367. The molecule has 40 heavy (non-hydrogen) atoms. The van der Waals surface area contributed by atoms with Gasteiger partial charge in [-0.05, 0) is 35.0 Å². The number of carbonyl (C=O) groups is 3. The summed E-state index contributed by atoms with van der Waals surface area (Å²) in [6, 6.07) is 17.8. The Labute approximate surface area is 236 Å². The maximum Gasteiger partial charge on any atom is 0.452 e. The van der Waals surface area contributed by atoms with Gasteiger partial charge in [0.15, 0.2) is 0 Å². The van der Waals surface area contributed by atoms with Crippen molar-refractivity contribution in [3.63, 3.8) is 0 Å². The Morgan fingerprint density at radius 3 is 1.93 bits per heavy atom. The maximum absolute atomic E-state index is 13.8. The highest BCUT2D eigenvalue weighted by atomic mass is 31.1. The summed E-state index contributed by atoms with van der Waals surface area (Å²) in [4.78, 5) is 36.5. The van der Waals surface area contributed by atoms with Gasteiger partial charge < -0.3 is 15.7 Å². The van der Waals surface area contributed by atoms with Crippen LogP contribution >= 0.6 is 7.95 Å². The number of aliphatic carboxylic acids is 1. The van der Waals surface area contributed by atoms with Crippen LogP contribution in [0.25, 0.3) is 0 Å². The van der Waals surface area contributed by atoms with E-state index in [4.69, 9.17) is 5.11 Å². The van der Waals surface area contributed by atoms with E-state index in [1.165, 1.54) is 0 Å². The van der Waals surface area contributed by atoms with Crippen LogP contribution in [0.2, 0.25) is 0 Å². The van der Waals surface area contributed by atoms with E-state index in [-0.39, 0.29) is 17.9 Å². The normalized spacial score (nSPS) is 15.6. The molecule has 10 heteroatoms. The minimum Gasteiger partial charge on any atom is -0.480 e. The second kappa shape index (κ2) is 15.2. The molecule has 0 fully saturated rings. The van der Waals surface area contributed by atoms with Gasteiger partial charge >= 0.3 is 13.9 Å². The quantitative estimate of drug-likeness (QED) is 0.207. The third kappa shape index (κ3) is 9.23. The largest absolute Gasteiger partial charge is 0.480 e. The van der Waals surface area contributed by atoms with Crippen LogP contribution in [-0.2, 0) is 18.9 Å². The van der Waals surface area contributed by atoms with Crippen LogP contribution in [0.15, 0.2) is 85.0 Å². The molecule has 0 saturated carbocycles. The van der Waals surface area contributed by atoms with Crippen LogP contribution in [0.3, 0.4) is 0 Å². The molecule has 0 bridgehead atoms. The minimum absolute atomic E-state index is 0.0724. The molecule has 0 aliphatic heterocycles. The number of carboxylic acids is 1. The highest BCUT2D eigenvalue weighted by Gasteiger charge is 2.41. The molecule has 5 N–H and O–H groups in total. The van der Waals surface area contributed by atoms with Gasteiger partial charge in [0.1, 0.15) is 18.6 Å². The smallest absolute Gasteiger partial charge is 0.452 e. The minimum atomic E-state index is -2.17. The summed E-state index contributed by atoms with van der Waals surface area (Å²) < 4.78 is 13.8. The zero-order valence-electron chi connectivity index (χ0n) is 23.0. The van der Waals surface area contributed by atoms with Crippen molar-refractivity contribution in [1.82, 2.24) is 21.0 Å². The summed E-state index contributed by atoms with van der Waals surface area (Å²) in [6.07, 6.45) is 8.08.